The summed E-state index contributed by atoms with van der Waals surface area (Å²) in [4.78, 5) is 0.243. The van der Waals surface area contributed by atoms with Gasteiger partial charge >= 0.3 is 0 Å². The summed E-state index contributed by atoms with van der Waals surface area (Å²) in [6, 6.07) is 6.48. The zero-order valence-electron chi connectivity index (χ0n) is 12.5. The van der Waals surface area contributed by atoms with Gasteiger partial charge in [0.1, 0.15) is 0 Å². The average molecular weight is 316 g/mol. The summed E-state index contributed by atoms with van der Waals surface area (Å²) >= 11 is 0. The molecule has 1 atom stereocenters. The van der Waals surface area contributed by atoms with Crippen LogP contribution in [0.3, 0.4) is 0 Å². The molecule has 0 amide bonds. The number of nitrogens with one attached hydrogen (secondary N) is 1. The number of methoxy groups -OCH3 is 1. The molecular formula is C14H24N2O4S. The van der Waals surface area contributed by atoms with E-state index in [4.69, 9.17) is 15.2 Å². The Kier molecular flexibility index (Phi) is 7.84. The maximum Gasteiger partial charge on any atom is 0.240 e. The first-order valence-corrected chi connectivity index (χ1v) is 8.37. The second-order valence-corrected chi connectivity index (χ2v) is 6.48. The Morgan fingerprint density at radius 3 is 2.43 bits per heavy atom. The summed E-state index contributed by atoms with van der Waals surface area (Å²) in [5, 5.41) is 0. The quantitative estimate of drug-likeness (QED) is 0.629. The maximum absolute atomic E-state index is 12.0. The third-order valence-corrected chi connectivity index (χ3v) is 4.38. The Morgan fingerprint density at radius 2 is 1.86 bits per heavy atom. The molecule has 0 saturated heterocycles. The standard InChI is InChI=1S/C14H24N2O4S/c1-12(15)13-4-6-14(7-5-13)21(17,18)16-8-3-9-20-11-10-19-2/h4-7,12,16H,3,8-11,15H2,1-2H3. The fourth-order valence-electron chi connectivity index (χ4n) is 1.66. The third kappa shape index (κ3) is 6.54. The van der Waals surface area contributed by atoms with Crippen LogP contribution in [-0.2, 0) is 19.5 Å². The van der Waals surface area contributed by atoms with Gasteiger partial charge in [0.2, 0.25) is 10.0 Å². The molecule has 0 spiro atoms. The average Bonchev–Trinajstić information content (AvgIpc) is 2.46. The fourth-order valence-corrected chi connectivity index (χ4v) is 2.73. The van der Waals surface area contributed by atoms with Crippen LogP contribution in [0.1, 0.15) is 24.9 Å². The molecule has 0 aliphatic heterocycles. The van der Waals surface area contributed by atoms with E-state index in [1.807, 2.05) is 6.92 Å². The molecule has 7 heteroatoms. The molecular weight excluding hydrogens is 292 g/mol. The van der Waals surface area contributed by atoms with Crippen LogP contribution in [0.5, 0.6) is 0 Å². The lowest BCUT2D eigenvalue weighted by Crippen LogP contribution is -2.25. The van der Waals surface area contributed by atoms with Crippen LogP contribution >= 0.6 is 0 Å². The second-order valence-electron chi connectivity index (χ2n) is 4.71. The number of ether oxygens (including phenoxy) is 2. The van der Waals surface area contributed by atoms with Crippen molar-refractivity contribution in [3.05, 3.63) is 29.8 Å². The van der Waals surface area contributed by atoms with Crippen molar-refractivity contribution in [1.29, 1.82) is 0 Å². The summed E-state index contributed by atoms with van der Waals surface area (Å²) < 4.78 is 36.7. The van der Waals surface area contributed by atoms with Crippen molar-refractivity contribution < 1.29 is 17.9 Å². The lowest BCUT2D eigenvalue weighted by atomic mass is 10.1. The van der Waals surface area contributed by atoms with Crippen molar-refractivity contribution in [3.63, 3.8) is 0 Å². The summed E-state index contributed by atoms with van der Waals surface area (Å²) in [6.07, 6.45) is 0.612. The smallest absolute Gasteiger partial charge is 0.240 e. The van der Waals surface area contributed by atoms with Gasteiger partial charge in [-0.1, -0.05) is 12.1 Å². The minimum atomic E-state index is -3.47. The van der Waals surface area contributed by atoms with Crippen LogP contribution in [0, 0.1) is 0 Å². The Morgan fingerprint density at radius 1 is 1.19 bits per heavy atom. The van der Waals surface area contributed by atoms with Gasteiger partial charge in [0.05, 0.1) is 18.1 Å². The molecule has 1 rings (SSSR count). The summed E-state index contributed by atoms with van der Waals surface area (Å²) in [5.74, 6) is 0. The van der Waals surface area contributed by atoms with E-state index in [2.05, 4.69) is 4.72 Å². The van der Waals surface area contributed by atoms with Gasteiger partial charge in [-0.3, -0.25) is 0 Å². The van der Waals surface area contributed by atoms with E-state index in [1.165, 1.54) is 0 Å². The van der Waals surface area contributed by atoms with Gasteiger partial charge in [0.15, 0.2) is 0 Å². The molecule has 0 aromatic heterocycles. The van der Waals surface area contributed by atoms with E-state index in [0.29, 0.717) is 32.8 Å². The Hall–Kier alpha value is -0.990. The number of nitrogens with two attached hydrogens (primary N) is 1. The topological polar surface area (TPSA) is 90.6 Å². The molecule has 0 aliphatic rings. The Labute approximate surface area is 126 Å². The molecule has 6 nitrogen and oxygen atoms in total. The molecule has 1 aromatic carbocycles. The largest absolute Gasteiger partial charge is 0.382 e. The first kappa shape index (κ1) is 18.1. The highest BCUT2D eigenvalue weighted by Crippen LogP contribution is 2.14. The van der Waals surface area contributed by atoms with Crippen LogP contribution in [0.4, 0.5) is 0 Å². The molecule has 0 heterocycles. The molecule has 120 valence electrons. The molecule has 0 radical (unpaired) electrons. The predicted molar refractivity (Wildman–Crippen MR) is 81.5 cm³/mol. The van der Waals surface area contributed by atoms with E-state index in [0.717, 1.165) is 5.56 Å². The third-order valence-electron chi connectivity index (χ3n) is 2.91. The van der Waals surface area contributed by atoms with E-state index < -0.39 is 10.0 Å². The van der Waals surface area contributed by atoms with Crippen LogP contribution in [0.15, 0.2) is 29.2 Å². The first-order valence-electron chi connectivity index (χ1n) is 6.89. The van der Waals surface area contributed by atoms with Gasteiger partial charge in [-0.2, -0.15) is 0 Å². The molecule has 3 N–H and O–H groups in total. The highest BCUT2D eigenvalue weighted by molar-refractivity contribution is 7.89. The first-order chi connectivity index (χ1) is 9.97. The Bertz CT molecular complexity index is 500. The number of benzene rings is 1. The Balaban J connectivity index is 2.39. The molecule has 0 fully saturated rings. The van der Waals surface area contributed by atoms with Gasteiger partial charge in [-0.15, -0.1) is 0 Å². The maximum atomic E-state index is 12.0. The van der Waals surface area contributed by atoms with Gasteiger partial charge in [0.25, 0.3) is 0 Å². The van der Waals surface area contributed by atoms with Gasteiger partial charge in [-0.25, -0.2) is 13.1 Å². The fraction of sp³-hybridized carbons (Fsp3) is 0.571. The SMILES string of the molecule is COCCOCCCNS(=O)(=O)c1ccc(C(C)N)cc1. The van der Waals surface area contributed by atoms with Gasteiger partial charge < -0.3 is 15.2 Å². The molecule has 1 aromatic rings. The number of hydrogen-bond acceptors (Lipinski definition) is 5. The van der Waals surface area contributed by atoms with E-state index >= 15 is 0 Å². The van der Waals surface area contributed by atoms with Crippen molar-refractivity contribution in [2.75, 3.05) is 33.5 Å². The van der Waals surface area contributed by atoms with Gasteiger partial charge in [-0.05, 0) is 31.0 Å². The zero-order valence-corrected chi connectivity index (χ0v) is 13.4. The van der Waals surface area contributed by atoms with Crippen LogP contribution < -0.4 is 10.5 Å². The molecule has 0 bridgehead atoms. The zero-order chi connectivity index (χ0) is 15.7. The molecule has 21 heavy (non-hydrogen) atoms. The molecule has 0 saturated carbocycles. The molecule has 1 unspecified atom stereocenters. The lowest BCUT2D eigenvalue weighted by Gasteiger charge is -2.09. The second kappa shape index (κ2) is 9.11. The monoisotopic (exact) mass is 316 g/mol. The van der Waals surface area contributed by atoms with Crippen molar-refractivity contribution >= 4 is 10.0 Å². The highest BCUT2D eigenvalue weighted by Gasteiger charge is 2.13. The summed E-state index contributed by atoms with van der Waals surface area (Å²) in [5.41, 5.74) is 6.64. The van der Waals surface area contributed by atoms with Crippen molar-refractivity contribution in [2.24, 2.45) is 5.73 Å². The van der Waals surface area contributed by atoms with Crippen LogP contribution in [0.2, 0.25) is 0 Å². The minimum absolute atomic E-state index is 0.112. The number of rotatable bonds is 10. The summed E-state index contributed by atoms with van der Waals surface area (Å²) in [6.45, 7) is 3.74. The lowest BCUT2D eigenvalue weighted by molar-refractivity contribution is 0.0699. The minimum Gasteiger partial charge on any atom is -0.382 e. The molecule has 0 aliphatic carbocycles. The van der Waals surface area contributed by atoms with Gasteiger partial charge in [0, 0.05) is 26.3 Å². The van der Waals surface area contributed by atoms with Crippen molar-refractivity contribution in [1.82, 2.24) is 4.72 Å². The van der Waals surface area contributed by atoms with E-state index in [-0.39, 0.29) is 10.9 Å². The van der Waals surface area contributed by atoms with E-state index in [1.54, 1.807) is 31.4 Å². The van der Waals surface area contributed by atoms with Crippen molar-refractivity contribution in [3.8, 4) is 0 Å². The normalized spacial score (nSPS) is 13.3. The van der Waals surface area contributed by atoms with Crippen LogP contribution in [0.25, 0.3) is 0 Å². The highest BCUT2D eigenvalue weighted by atomic mass is 32.2. The number of sulfonamides is 1. The van der Waals surface area contributed by atoms with Crippen LogP contribution in [-0.4, -0.2) is 41.9 Å². The van der Waals surface area contributed by atoms with Crippen molar-refractivity contribution in [2.45, 2.75) is 24.3 Å². The number of hydrogen-bond donors (Lipinski definition) is 2. The van der Waals surface area contributed by atoms with E-state index in [9.17, 15) is 8.42 Å². The predicted octanol–water partition coefficient (Wildman–Crippen LogP) is 1.04. The summed E-state index contributed by atoms with van der Waals surface area (Å²) in [7, 11) is -1.87.